The first kappa shape index (κ1) is 27.0. The first-order chi connectivity index (χ1) is 18.8. The average Bonchev–Trinajstić information content (AvgIpc) is 2.96. The summed E-state index contributed by atoms with van der Waals surface area (Å²) in [5.74, 6) is -0.387. The molecule has 0 bridgehead atoms. The molecule has 0 N–H and O–H groups in total. The van der Waals surface area contributed by atoms with E-state index in [1.165, 1.54) is 12.1 Å². The fourth-order valence-electron chi connectivity index (χ4n) is 4.98. The fraction of sp³-hybridized carbons (Fsp3) is 0.258. The zero-order chi connectivity index (χ0) is 27.4. The van der Waals surface area contributed by atoms with Crippen LogP contribution in [-0.2, 0) is 16.6 Å². The monoisotopic (exact) mass is 545 g/mol. The second-order valence-corrected chi connectivity index (χ2v) is 11.9. The summed E-state index contributed by atoms with van der Waals surface area (Å²) in [6.07, 6.45) is 0. The summed E-state index contributed by atoms with van der Waals surface area (Å²) in [5, 5.41) is 1.91. The van der Waals surface area contributed by atoms with Gasteiger partial charge in [-0.05, 0) is 59.2 Å². The second-order valence-electron chi connectivity index (χ2n) is 9.92. The van der Waals surface area contributed by atoms with Crippen LogP contribution >= 0.6 is 0 Å². The first-order valence-corrected chi connectivity index (χ1v) is 14.6. The summed E-state index contributed by atoms with van der Waals surface area (Å²) in [4.78, 5) is 17.8. The Balaban J connectivity index is 1.24. The van der Waals surface area contributed by atoms with Gasteiger partial charge in [0.15, 0.2) is 0 Å². The summed E-state index contributed by atoms with van der Waals surface area (Å²) >= 11 is 0. The Kier molecular flexibility index (Phi) is 8.07. The van der Waals surface area contributed by atoms with E-state index < -0.39 is 10.0 Å². The van der Waals surface area contributed by atoms with E-state index in [-0.39, 0.29) is 11.7 Å². The number of carbonyl (C=O) groups is 1. The molecular weight excluding hydrogens is 513 g/mol. The molecule has 0 spiro atoms. The number of amides is 1. The van der Waals surface area contributed by atoms with Crippen molar-refractivity contribution < 1.29 is 17.6 Å². The second kappa shape index (κ2) is 11.7. The number of nitrogens with zero attached hydrogens (tertiary/aromatic N) is 3. The highest BCUT2D eigenvalue weighted by atomic mass is 32.2. The minimum absolute atomic E-state index is 0.0741. The molecule has 1 fully saturated rings. The van der Waals surface area contributed by atoms with Gasteiger partial charge in [0.05, 0.1) is 4.90 Å². The van der Waals surface area contributed by atoms with Crippen LogP contribution in [0.1, 0.15) is 21.5 Å². The van der Waals surface area contributed by atoms with Crippen LogP contribution in [-0.4, -0.2) is 67.7 Å². The summed E-state index contributed by atoms with van der Waals surface area (Å²) in [5.41, 5.74) is 2.40. The molecule has 202 valence electrons. The third kappa shape index (κ3) is 6.19. The lowest BCUT2D eigenvalue weighted by Gasteiger charge is -2.35. The normalized spacial score (nSPS) is 14.9. The number of halogens is 1. The Labute approximate surface area is 229 Å². The van der Waals surface area contributed by atoms with Crippen molar-refractivity contribution >= 4 is 26.7 Å². The highest BCUT2D eigenvalue weighted by Gasteiger charge is 2.29. The van der Waals surface area contributed by atoms with Crippen LogP contribution in [0.25, 0.3) is 10.8 Å². The van der Waals surface area contributed by atoms with E-state index >= 15 is 0 Å². The van der Waals surface area contributed by atoms with Gasteiger partial charge in [-0.25, -0.2) is 12.8 Å². The molecule has 4 aromatic rings. The molecule has 1 heterocycles. The molecule has 0 saturated carbocycles. The number of piperazine rings is 1. The maximum absolute atomic E-state index is 13.5. The van der Waals surface area contributed by atoms with Crippen molar-refractivity contribution in [1.82, 2.24) is 14.1 Å². The SMILES string of the molecule is Cc1ccccc1C(=O)N(CCN1CCN(S(=O)(=O)c2ccc3ccccc3c2)CC1)Cc1ccc(F)cc1. The van der Waals surface area contributed by atoms with Crippen LogP contribution in [0, 0.1) is 12.7 Å². The van der Waals surface area contributed by atoms with Crippen LogP contribution in [0.3, 0.4) is 0 Å². The van der Waals surface area contributed by atoms with Crippen molar-refractivity contribution in [2.24, 2.45) is 0 Å². The Morgan fingerprint density at radius 1 is 0.846 bits per heavy atom. The summed E-state index contributed by atoms with van der Waals surface area (Å²) in [7, 11) is -3.60. The summed E-state index contributed by atoms with van der Waals surface area (Å²) in [6.45, 7) is 5.30. The Hall–Kier alpha value is -3.59. The molecule has 0 aliphatic carbocycles. The molecule has 0 radical (unpaired) electrons. The molecule has 1 aliphatic heterocycles. The van der Waals surface area contributed by atoms with Gasteiger partial charge in [0.25, 0.3) is 5.91 Å². The average molecular weight is 546 g/mol. The number of sulfonamides is 1. The Bertz CT molecular complexity index is 1570. The van der Waals surface area contributed by atoms with E-state index in [9.17, 15) is 17.6 Å². The molecule has 1 amide bonds. The number of hydrogen-bond donors (Lipinski definition) is 0. The molecule has 1 aliphatic rings. The fourth-order valence-corrected chi connectivity index (χ4v) is 6.44. The summed E-state index contributed by atoms with van der Waals surface area (Å²) < 4.78 is 41.7. The third-order valence-corrected chi connectivity index (χ3v) is 9.22. The molecule has 4 aromatic carbocycles. The van der Waals surface area contributed by atoms with Gasteiger partial charge in [-0.3, -0.25) is 9.69 Å². The lowest BCUT2D eigenvalue weighted by atomic mass is 10.1. The maximum atomic E-state index is 13.5. The third-order valence-electron chi connectivity index (χ3n) is 7.33. The molecule has 39 heavy (non-hydrogen) atoms. The van der Waals surface area contributed by atoms with Gasteiger partial charge in [0, 0.05) is 51.4 Å². The quantitative estimate of drug-likeness (QED) is 0.315. The zero-order valence-corrected chi connectivity index (χ0v) is 22.8. The number of fused-ring (bicyclic) bond motifs is 1. The molecule has 5 rings (SSSR count). The van der Waals surface area contributed by atoms with Crippen molar-refractivity contribution in [1.29, 1.82) is 0 Å². The van der Waals surface area contributed by atoms with Crippen molar-refractivity contribution in [2.75, 3.05) is 39.3 Å². The minimum atomic E-state index is -3.60. The van der Waals surface area contributed by atoms with Crippen LogP contribution < -0.4 is 0 Å². The first-order valence-electron chi connectivity index (χ1n) is 13.1. The van der Waals surface area contributed by atoms with Gasteiger partial charge in [-0.2, -0.15) is 4.31 Å². The molecule has 8 heteroatoms. The van der Waals surface area contributed by atoms with E-state index in [0.29, 0.717) is 56.3 Å². The maximum Gasteiger partial charge on any atom is 0.254 e. The van der Waals surface area contributed by atoms with E-state index in [1.54, 1.807) is 33.5 Å². The molecule has 0 unspecified atom stereocenters. The van der Waals surface area contributed by atoms with Crippen LogP contribution in [0.4, 0.5) is 4.39 Å². The largest absolute Gasteiger partial charge is 0.333 e. The van der Waals surface area contributed by atoms with E-state index in [0.717, 1.165) is 21.9 Å². The van der Waals surface area contributed by atoms with Crippen LogP contribution in [0.2, 0.25) is 0 Å². The number of carbonyl (C=O) groups excluding carboxylic acids is 1. The smallest absolute Gasteiger partial charge is 0.254 e. The van der Waals surface area contributed by atoms with E-state index in [1.807, 2.05) is 61.5 Å². The predicted molar refractivity (Wildman–Crippen MR) is 151 cm³/mol. The van der Waals surface area contributed by atoms with Crippen molar-refractivity contribution in [3.8, 4) is 0 Å². The van der Waals surface area contributed by atoms with E-state index in [2.05, 4.69) is 4.90 Å². The highest BCUT2D eigenvalue weighted by Crippen LogP contribution is 2.23. The Morgan fingerprint density at radius 3 is 2.23 bits per heavy atom. The lowest BCUT2D eigenvalue weighted by molar-refractivity contribution is 0.0710. The molecule has 0 aromatic heterocycles. The molecule has 1 saturated heterocycles. The van der Waals surface area contributed by atoms with Gasteiger partial charge >= 0.3 is 0 Å². The minimum Gasteiger partial charge on any atom is -0.333 e. The van der Waals surface area contributed by atoms with Gasteiger partial charge in [-0.1, -0.05) is 60.7 Å². The predicted octanol–water partition coefficient (Wildman–Crippen LogP) is 4.94. The lowest BCUT2D eigenvalue weighted by Crippen LogP contribution is -2.50. The van der Waals surface area contributed by atoms with Crippen molar-refractivity contribution in [3.05, 3.63) is 114 Å². The standard InChI is InChI=1S/C31H32FN3O3S/c1-24-6-2-5-9-30(24)31(36)34(23-25-10-13-28(32)14-11-25)19-16-33-17-20-35(21-18-33)39(37,38)29-15-12-26-7-3-4-8-27(26)22-29/h2-15,22H,16-21,23H2,1H3. The number of hydrogen-bond acceptors (Lipinski definition) is 4. The van der Waals surface area contributed by atoms with Gasteiger partial charge in [-0.15, -0.1) is 0 Å². The van der Waals surface area contributed by atoms with Gasteiger partial charge in [0.1, 0.15) is 5.82 Å². The molecule has 6 nitrogen and oxygen atoms in total. The highest BCUT2D eigenvalue weighted by molar-refractivity contribution is 7.89. The van der Waals surface area contributed by atoms with Gasteiger partial charge < -0.3 is 4.90 Å². The number of aryl methyl sites for hydroxylation is 1. The molecular formula is C31H32FN3O3S. The summed E-state index contributed by atoms with van der Waals surface area (Å²) in [6, 6.07) is 26.7. The Morgan fingerprint density at radius 2 is 1.51 bits per heavy atom. The van der Waals surface area contributed by atoms with Gasteiger partial charge in [0.2, 0.25) is 10.0 Å². The number of benzene rings is 4. The topological polar surface area (TPSA) is 60.9 Å². The number of rotatable bonds is 8. The van der Waals surface area contributed by atoms with Crippen LogP contribution in [0.5, 0.6) is 0 Å². The zero-order valence-electron chi connectivity index (χ0n) is 22.0. The van der Waals surface area contributed by atoms with Crippen molar-refractivity contribution in [3.63, 3.8) is 0 Å². The van der Waals surface area contributed by atoms with Crippen LogP contribution in [0.15, 0.2) is 95.9 Å². The van der Waals surface area contributed by atoms with Crippen molar-refractivity contribution in [2.45, 2.75) is 18.4 Å². The van der Waals surface area contributed by atoms with E-state index in [4.69, 9.17) is 0 Å². The molecule has 0 atom stereocenters.